The molecule has 1 unspecified atom stereocenters. The zero-order chi connectivity index (χ0) is 14.3. The Morgan fingerprint density at radius 1 is 1.11 bits per heavy atom. The average Bonchev–Trinajstić information content (AvgIpc) is 2.37. The standard InChI is InChI=1S/C15H25NO2S/c1-4-5-6-7-12-16-13(2)14-8-10-15(11-9-14)19(3,17)18/h8-11,13,16H,4-7,12H2,1-3H3. The van der Waals surface area contributed by atoms with E-state index in [1.807, 2.05) is 12.1 Å². The van der Waals surface area contributed by atoms with Gasteiger partial charge in [-0.2, -0.15) is 0 Å². The normalized spacial score (nSPS) is 13.4. The second-order valence-electron chi connectivity index (χ2n) is 5.08. The van der Waals surface area contributed by atoms with Crippen molar-refractivity contribution in [3.8, 4) is 0 Å². The van der Waals surface area contributed by atoms with Gasteiger partial charge in [0.2, 0.25) is 0 Å². The molecule has 1 atom stereocenters. The summed E-state index contributed by atoms with van der Waals surface area (Å²) >= 11 is 0. The number of hydrogen-bond acceptors (Lipinski definition) is 3. The maximum Gasteiger partial charge on any atom is 0.175 e. The Kier molecular flexibility index (Phi) is 6.52. The van der Waals surface area contributed by atoms with Crippen LogP contribution in [0.3, 0.4) is 0 Å². The van der Waals surface area contributed by atoms with Gasteiger partial charge in [-0.05, 0) is 37.6 Å². The predicted octanol–water partition coefficient (Wildman–Crippen LogP) is 3.32. The minimum Gasteiger partial charge on any atom is -0.310 e. The number of sulfone groups is 1. The summed E-state index contributed by atoms with van der Waals surface area (Å²) < 4.78 is 22.7. The molecule has 0 aliphatic carbocycles. The van der Waals surface area contributed by atoms with E-state index in [9.17, 15) is 8.42 Å². The van der Waals surface area contributed by atoms with E-state index in [4.69, 9.17) is 0 Å². The fourth-order valence-electron chi connectivity index (χ4n) is 1.99. The third-order valence-corrected chi connectivity index (χ3v) is 4.42. The number of nitrogens with one attached hydrogen (secondary N) is 1. The molecule has 0 bridgehead atoms. The van der Waals surface area contributed by atoms with Crippen LogP contribution >= 0.6 is 0 Å². The molecule has 1 aromatic rings. The van der Waals surface area contributed by atoms with Crippen LogP contribution in [0.4, 0.5) is 0 Å². The molecule has 3 nitrogen and oxygen atoms in total. The van der Waals surface area contributed by atoms with Crippen molar-refractivity contribution in [1.82, 2.24) is 5.32 Å². The van der Waals surface area contributed by atoms with Crippen molar-refractivity contribution in [2.75, 3.05) is 12.8 Å². The van der Waals surface area contributed by atoms with E-state index in [-0.39, 0.29) is 6.04 Å². The number of hydrogen-bond donors (Lipinski definition) is 1. The second-order valence-corrected chi connectivity index (χ2v) is 7.09. The largest absolute Gasteiger partial charge is 0.310 e. The Morgan fingerprint density at radius 2 is 1.74 bits per heavy atom. The minimum absolute atomic E-state index is 0.259. The SMILES string of the molecule is CCCCCCNC(C)c1ccc(S(C)(=O)=O)cc1. The molecule has 19 heavy (non-hydrogen) atoms. The van der Waals surface area contributed by atoms with Gasteiger partial charge < -0.3 is 5.32 Å². The van der Waals surface area contributed by atoms with Crippen LogP contribution in [0, 0.1) is 0 Å². The van der Waals surface area contributed by atoms with Crippen LogP contribution < -0.4 is 5.32 Å². The van der Waals surface area contributed by atoms with Gasteiger partial charge in [0.15, 0.2) is 9.84 Å². The highest BCUT2D eigenvalue weighted by Crippen LogP contribution is 2.16. The van der Waals surface area contributed by atoms with Crippen molar-refractivity contribution < 1.29 is 8.42 Å². The van der Waals surface area contributed by atoms with Gasteiger partial charge in [0.1, 0.15) is 0 Å². The zero-order valence-corrected chi connectivity index (χ0v) is 13.0. The Labute approximate surface area is 117 Å². The lowest BCUT2D eigenvalue weighted by molar-refractivity contribution is 0.536. The molecule has 0 amide bonds. The number of benzene rings is 1. The summed E-state index contributed by atoms with van der Waals surface area (Å²) in [5, 5.41) is 3.47. The molecule has 0 aromatic heterocycles. The highest BCUT2D eigenvalue weighted by atomic mass is 32.2. The Bertz CT molecular complexity index is 465. The van der Waals surface area contributed by atoms with Gasteiger partial charge in [-0.25, -0.2) is 8.42 Å². The van der Waals surface area contributed by atoms with Gasteiger partial charge >= 0.3 is 0 Å². The topological polar surface area (TPSA) is 46.2 Å². The molecule has 0 aliphatic rings. The van der Waals surface area contributed by atoms with E-state index in [1.165, 1.54) is 31.9 Å². The van der Waals surface area contributed by atoms with E-state index in [0.29, 0.717) is 4.90 Å². The molecule has 1 N–H and O–H groups in total. The van der Waals surface area contributed by atoms with Crippen LogP contribution in [-0.4, -0.2) is 21.2 Å². The van der Waals surface area contributed by atoms with Crippen LogP contribution in [0.15, 0.2) is 29.2 Å². The van der Waals surface area contributed by atoms with Crippen molar-refractivity contribution in [2.24, 2.45) is 0 Å². The first kappa shape index (κ1) is 16.2. The summed E-state index contributed by atoms with van der Waals surface area (Å²) in [5.74, 6) is 0. The molecule has 0 fully saturated rings. The fourth-order valence-corrected chi connectivity index (χ4v) is 2.62. The van der Waals surface area contributed by atoms with E-state index >= 15 is 0 Å². The van der Waals surface area contributed by atoms with Crippen molar-refractivity contribution >= 4 is 9.84 Å². The molecule has 108 valence electrons. The van der Waals surface area contributed by atoms with E-state index in [1.54, 1.807) is 12.1 Å². The van der Waals surface area contributed by atoms with Crippen LogP contribution in [0.25, 0.3) is 0 Å². The average molecular weight is 283 g/mol. The lowest BCUT2D eigenvalue weighted by atomic mass is 10.1. The monoisotopic (exact) mass is 283 g/mol. The lowest BCUT2D eigenvalue weighted by Crippen LogP contribution is -2.19. The minimum atomic E-state index is -3.09. The third kappa shape index (κ3) is 5.74. The molecule has 0 spiro atoms. The molecule has 1 aromatic carbocycles. The summed E-state index contributed by atoms with van der Waals surface area (Å²) in [6, 6.07) is 7.40. The summed E-state index contributed by atoms with van der Waals surface area (Å²) in [5.41, 5.74) is 1.13. The summed E-state index contributed by atoms with van der Waals surface area (Å²) in [4.78, 5) is 0.381. The van der Waals surface area contributed by atoms with Crippen molar-refractivity contribution in [2.45, 2.75) is 50.5 Å². The van der Waals surface area contributed by atoms with Crippen molar-refractivity contribution in [1.29, 1.82) is 0 Å². The molecular formula is C15H25NO2S. The second kappa shape index (κ2) is 7.65. The van der Waals surface area contributed by atoms with Gasteiger partial charge in [-0.15, -0.1) is 0 Å². The maximum absolute atomic E-state index is 11.4. The Balaban J connectivity index is 2.47. The van der Waals surface area contributed by atoms with Crippen LogP contribution in [0.2, 0.25) is 0 Å². The van der Waals surface area contributed by atoms with Crippen molar-refractivity contribution in [3.05, 3.63) is 29.8 Å². The van der Waals surface area contributed by atoms with E-state index in [2.05, 4.69) is 19.2 Å². The van der Waals surface area contributed by atoms with Gasteiger partial charge in [0.05, 0.1) is 4.90 Å². The summed E-state index contributed by atoms with van der Waals surface area (Å²) in [6.45, 7) is 5.32. The van der Waals surface area contributed by atoms with Gasteiger partial charge in [-0.1, -0.05) is 38.3 Å². The first-order chi connectivity index (χ1) is 8.95. The smallest absolute Gasteiger partial charge is 0.175 e. The van der Waals surface area contributed by atoms with Crippen LogP contribution in [0.5, 0.6) is 0 Å². The summed E-state index contributed by atoms with van der Waals surface area (Å²) in [6.07, 6.45) is 6.24. The zero-order valence-electron chi connectivity index (χ0n) is 12.1. The number of rotatable bonds is 8. The Morgan fingerprint density at radius 3 is 2.26 bits per heavy atom. The van der Waals surface area contributed by atoms with Crippen molar-refractivity contribution in [3.63, 3.8) is 0 Å². The van der Waals surface area contributed by atoms with Crippen LogP contribution in [-0.2, 0) is 9.84 Å². The fraction of sp³-hybridized carbons (Fsp3) is 0.600. The first-order valence-electron chi connectivity index (χ1n) is 6.98. The molecule has 0 saturated carbocycles. The van der Waals surface area contributed by atoms with Gasteiger partial charge in [-0.3, -0.25) is 0 Å². The van der Waals surface area contributed by atoms with Gasteiger partial charge in [0, 0.05) is 12.3 Å². The predicted molar refractivity (Wildman–Crippen MR) is 80.1 cm³/mol. The first-order valence-corrected chi connectivity index (χ1v) is 8.87. The van der Waals surface area contributed by atoms with E-state index < -0.39 is 9.84 Å². The van der Waals surface area contributed by atoms with Crippen LogP contribution in [0.1, 0.15) is 51.1 Å². The van der Waals surface area contributed by atoms with E-state index in [0.717, 1.165) is 12.1 Å². The summed E-state index contributed by atoms with van der Waals surface area (Å²) in [7, 11) is -3.09. The molecule has 4 heteroatoms. The third-order valence-electron chi connectivity index (χ3n) is 3.29. The molecular weight excluding hydrogens is 258 g/mol. The highest BCUT2D eigenvalue weighted by molar-refractivity contribution is 7.90. The molecule has 0 heterocycles. The number of unbranched alkanes of at least 4 members (excludes halogenated alkanes) is 3. The molecule has 1 rings (SSSR count). The van der Waals surface area contributed by atoms with Gasteiger partial charge in [0.25, 0.3) is 0 Å². The Hall–Kier alpha value is -0.870. The quantitative estimate of drug-likeness (QED) is 0.744. The molecule has 0 radical (unpaired) electrons. The molecule has 0 saturated heterocycles. The molecule has 0 aliphatic heterocycles. The maximum atomic E-state index is 11.4. The highest BCUT2D eigenvalue weighted by Gasteiger charge is 2.08. The lowest BCUT2D eigenvalue weighted by Gasteiger charge is -2.14.